The van der Waals surface area contributed by atoms with Gasteiger partial charge in [-0.05, 0) is 50.2 Å². The van der Waals surface area contributed by atoms with Gasteiger partial charge in [-0.15, -0.1) is 0 Å². The zero-order valence-electron chi connectivity index (χ0n) is 14.3. The van der Waals surface area contributed by atoms with E-state index < -0.39 is 5.82 Å². The number of aliphatic imine (C=N–C) groups is 1. The Morgan fingerprint density at radius 2 is 1.85 bits per heavy atom. The van der Waals surface area contributed by atoms with Crippen molar-refractivity contribution in [2.75, 3.05) is 24.7 Å². The van der Waals surface area contributed by atoms with E-state index in [0.29, 0.717) is 18.1 Å². The summed E-state index contributed by atoms with van der Waals surface area (Å²) in [6.07, 6.45) is 3.58. The summed E-state index contributed by atoms with van der Waals surface area (Å²) in [6, 6.07) is 11.9. The summed E-state index contributed by atoms with van der Waals surface area (Å²) < 4.78 is 13.4. The molecular weight excluding hydrogens is 353 g/mol. The minimum atomic E-state index is -0.500. The van der Waals surface area contributed by atoms with Crippen LogP contribution in [-0.2, 0) is 4.79 Å². The lowest BCUT2D eigenvalue weighted by Crippen LogP contribution is -2.43. The summed E-state index contributed by atoms with van der Waals surface area (Å²) in [7, 11) is 0. The number of hydrogen-bond donors (Lipinski definition) is 0. The SMILES string of the molecule is O=C1C(=Nc2ccc(F)c(Cl)c2)c2ccccc2N1CN1CCCCC1. The number of nitrogens with zero attached hydrogens (tertiary/aromatic N) is 3. The molecule has 134 valence electrons. The Balaban J connectivity index is 1.68. The zero-order valence-corrected chi connectivity index (χ0v) is 15.0. The zero-order chi connectivity index (χ0) is 18.1. The van der Waals surface area contributed by atoms with Gasteiger partial charge in [0, 0.05) is 5.56 Å². The number of amides is 1. The normalized spacial score (nSPS) is 19.2. The van der Waals surface area contributed by atoms with Gasteiger partial charge in [0.05, 0.1) is 23.1 Å². The van der Waals surface area contributed by atoms with Gasteiger partial charge < -0.3 is 0 Å². The van der Waals surface area contributed by atoms with E-state index in [2.05, 4.69) is 9.89 Å². The average molecular weight is 372 g/mol. The maximum atomic E-state index is 13.4. The Hall–Kier alpha value is -2.24. The molecule has 0 saturated carbocycles. The molecular formula is C20H19ClFN3O. The first-order valence-electron chi connectivity index (χ1n) is 8.81. The second kappa shape index (κ2) is 7.17. The van der Waals surface area contributed by atoms with Crippen LogP contribution in [0.5, 0.6) is 0 Å². The minimum Gasteiger partial charge on any atom is -0.293 e. The predicted molar refractivity (Wildman–Crippen MR) is 102 cm³/mol. The number of likely N-dealkylation sites (tertiary alicyclic amines) is 1. The predicted octanol–water partition coefficient (Wildman–Crippen LogP) is 4.39. The number of piperidine rings is 1. The highest BCUT2D eigenvalue weighted by molar-refractivity contribution is 6.54. The van der Waals surface area contributed by atoms with Crippen molar-refractivity contribution in [1.82, 2.24) is 4.90 Å². The molecule has 2 aliphatic heterocycles. The van der Waals surface area contributed by atoms with Crippen molar-refractivity contribution in [3.8, 4) is 0 Å². The molecule has 0 N–H and O–H groups in total. The smallest absolute Gasteiger partial charge is 0.278 e. The molecule has 2 aromatic rings. The van der Waals surface area contributed by atoms with Crippen LogP contribution in [0.3, 0.4) is 0 Å². The van der Waals surface area contributed by atoms with Crippen LogP contribution in [0, 0.1) is 5.82 Å². The standard InChI is InChI=1S/C20H19ClFN3O/c21-16-12-14(8-9-17(16)22)23-19-15-6-2-3-7-18(15)25(20(19)26)13-24-10-4-1-5-11-24/h2-3,6-9,12H,1,4-5,10-11,13H2. The first-order chi connectivity index (χ1) is 12.6. The Kier molecular flexibility index (Phi) is 4.74. The summed E-state index contributed by atoms with van der Waals surface area (Å²) >= 11 is 5.85. The molecule has 2 heterocycles. The Morgan fingerprint density at radius 3 is 2.62 bits per heavy atom. The van der Waals surface area contributed by atoms with Crippen molar-refractivity contribution in [1.29, 1.82) is 0 Å². The summed E-state index contributed by atoms with van der Waals surface area (Å²) in [4.78, 5) is 21.6. The van der Waals surface area contributed by atoms with Crippen molar-refractivity contribution in [3.05, 3.63) is 58.9 Å². The molecule has 0 unspecified atom stereocenters. The van der Waals surface area contributed by atoms with E-state index in [0.717, 1.165) is 24.3 Å². The van der Waals surface area contributed by atoms with Crippen LogP contribution < -0.4 is 4.90 Å². The van der Waals surface area contributed by atoms with Gasteiger partial charge in [0.2, 0.25) is 0 Å². The number of carbonyl (C=O) groups excluding carboxylic acids is 1. The molecule has 0 radical (unpaired) electrons. The molecule has 4 nitrogen and oxygen atoms in total. The van der Waals surface area contributed by atoms with Gasteiger partial charge in [0.15, 0.2) is 0 Å². The number of hydrogen-bond acceptors (Lipinski definition) is 3. The fourth-order valence-corrected chi connectivity index (χ4v) is 3.67. The highest BCUT2D eigenvalue weighted by atomic mass is 35.5. The number of benzene rings is 2. The fraction of sp³-hybridized carbons (Fsp3) is 0.300. The van der Waals surface area contributed by atoms with E-state index in [4.69, 9.17) is 11.6 Å². The molecule has 0 bridgehead atoms. The number of fused-ring (bicyclic) bond motifs is 1. The molecule has 2 aliphatic rings. The average Bonchev–Trinajstić information content (AvgIpc) is 2.92. The Morgan fingerprint density at radius 1 is 1.08 bits per heavy atom. The second-order valence-corrected chi connectivity index (χ2v) is 7.04. The van der Waals surface area contributed by atoms with Crippen LogP contribution in [0.2, 0.25) is 5.02 Å². The Bertz CT molecular complexity index is 877. The van der Waals surface area contributed by atoms with Gasteiger partial charge in [-0.2, -0.15) is 0 Å². The van der Waals surface area contributed by atoms with Gasteiger partial charge in [0.25, 0.3) is 5.91 Å². The topological polar surface area (TPSA) is 35.9 Å². The third kappa shape index (κ3) is 3.24. The summed E-state index contributed by atoms with van der Waals surface area (Å²) in [5, 5.41) is -0.00393. The van der Waals surface area contributed by atoms with E-state index in [1.165, 1.54) is 37.5 Å². The largest absolute Gasteiger partial charge is 0.293 e. The van der Waals surface area contributed by atoms with Crippen LogP contribution >= 0.6 is 11.6 Å². The Labute approximate surface area is 156 Å². The van der Waals surface area contributed by atoms with Crippen molar-refractivity contribution in [3.63, 3.8) is 0 Å². The lowest BCUT2D eigenvalue weighted by Gasteiger charge is -2.30. The first-order valence-corrected chi connectivity index (χ1v) is 9.18. The van der Waals surface area contributed by atoms with Crippen molar-refractivity contribution < 1.29 is 9.18 Å². The molecule has 0 atom stereocenters. The van der Waals surface area contributed by atoms with E-state index in [9.17, 15) is 9.18 Å². The molecule has 26 heavy (non-hydrogen) atoms. The van der Waals surface area contributed by atoms with Crippen LogP contribution in [-0.4, -0.2) is 36.3 Å². The van der Waals surface area contributed by atoms with E-state index in [1.807, 2.05) is 24.3 Å². The molecule has 6 heteroatoms. The number of halogens is 2. The number of para-hydroxylation sites is 1. The third-order valence-corrected chi connectivity index (χ3v) is 5.12. The summed E-state index contributed by atoms with van der Waals surface area (Å²) in [5.41, 5.74) is 2.51. The molecule has 2 aromatic carbocycles. The highest BCUT2D eigenvalue weighted by Crippen LogP contribution is 2.32. The van der Waals surface area contributed by atoms with E-state index >= 15 is 0 Å². The molecule has 4 rings (SSSR count). The molecule has 1 fully saturated rings. The van der Waals surface area contributed by atoms with Crippen LogP contribution in [0.1, 0.15) is 24.8 Å². The molecule has 0 aliphatic carbocycles. The minimum absolute atomic E-state index is 0.00393. The van der Waals surface area contributed by atoms with Gasteiger partial charge >= 0.3 is 0 Å². The number of anilines is 1. The molecule has 0 aromatic heterocycles. The van der Waals surface area contributed by atoms with Crippen molar-refractivity contribution in [2.45, 2.75) is 19.3 Å². The van der Waals surface area contributed by atoms with Gasteiger partial charge in [-0.25, -0.2) is 9.38 Å². The number of rotatable bonds is 3. The van der Waals surface area contributed by atoms with Crippen LogP contribution in [0.25, 0.3) is 0 Å². The molecule has 1 saturated heterocycles. The molecule has 1 amide bonds. The molecule has 0 spiro atoms. The van der Waals surface area contributed by atoms with E-state index in [-0.39, 0.29) is 10.9 Å². The lowest BCUT2D eigenvalue weighted by molar-refractivity contribution is -0.112. The maximum Gasteiger partial charge on any atom is 0.278 e. The van der Waals surface area contributed by atoms with Crippen LogP contribution in [0.15, 0.2) is 47.5 Å². The van der Waals surface area contributed by atoms with Crippen molar-refractivity contribution in [2.24, 2.45) is 4.99 Å². The quantitative estimate of drug-likeness (QED) is 0.802. The maximum absolute atomic E-state index is 13.4. The van der Waals surface area contributed by atoms with E-state index in [1.54, 1.807) is 4.90 Å². The second-order valence-electron chi connectivity index (χ2n) is 6.63. The monoisotopic (exact) mass is 371 g/mol. The fourth-order valence-electron chi connectivity index (χ4n) is 3.49. The van der Waals surface area contributed by atoms with Gasteiger partial charge in [-0.3, -0.25) is 14.6 Å². The lowest BCUT2D eigenvalue weighted by atomic mass is 10.1. The van der Waals surface area contributed by atoms with Crippen LogP contribution in [0.4, 0.5) is 15.8 Å². The highest BCUT2D eigenvalue weighted by Gasteiger charge is 2.34. The number of carbonyl (C=O) groups is 1. The summed E-state index contributed by atoms with van der Waals surface area (Å²) in [6.45, 7) is 2.58. The van der Waals surface area contributed by atoms with Crippen molar-refractivity contribution >= 4 is 34.6 Å². The first kappa shape index (κ1) is 17.2. The summed E-state index contributed by atoms with van der Waals surface area (Å²) in [5.74, 6) is -0.627. The third-order valence-electron chi connectivity index (χ3n) is 4.83. The van der Waals surface area contributed by atoms with Gasteiger partial charge in [-0.1, -0.05) is 36.2 Å². The van der Waals surface area contributed by atoms with Gasteiger partial charge in [0.1, 0.15) is 11.5 Å².